The molecule has 0 aromatic carbocycles. The molecule has 0 heterocycles. The summed E-state index contributed by atoms with van der Waals surface area (Å²) in [7, 11) is 2.77. The molecule has 0 aromatic heterocycles. The number of hydrogen-bond acceptors (Lipinski definition) is 4. The molecule has 0 rings (SSSR count). The van der Waals surface area contributed by atoms with Crippen LogP contribution in [-0.4, -0.2) is 57.8 Å². The summed E-state index contributed by atoms with van der Waals surface area (Å²) in [6, 6.07) is 0. The molecular weight excluding hydrogens is 208 g/mol. The summed E-state index contributed by atoms with van der Waals surface area (Å²) in [4.78, 5) is 12.3. The molecular formula is C9H17F2NO3. The summed E-state index contributed by atoms with van der Waals surface area (Å²) in [6.45, 7) is 0.673. The van der Waals surface area contributed by atoms with E-state index >= 15 is 0 Å². The maximum atomic E-state index is 12.1. The summed E-state index contributed by atoms with van der Waals surface area (Å²) in [6.07, 6.45) is -2.29. The Kier molecular flexibility index (Phi) is 8.12. The first-order valence-corrected chi connectivity index (χ1v) is 4.66. The van der Waals surface area contributed by atoms with Crippen molar-refractivity contribution in [3.05, 3.63) is 0 Å². The van der Waals surface area contributed by atoms with E-state index < -0.39 is 12.4 Å². The molecule has 90 valence electrons. The van der Waals surface area contributed by atoms with Crippen LogP contribution in [0.15, 0.2) is 0 Å². The number of hydrogen-bond donors (Lipinski definition) is 0. The van der Waals surface area contributed by atoms with Crippen LogP contribution < -0.4 is 0 Å². The van der Waals surface area contributed by atoms with E-state index in [1.165, 1.54) is 19.1 Å². The Morgan fingerprint density at radius 3 is 2.47 bits per heavy atom. The van der Waals surface area contributed by atoms with Crippen molar-refractivity contribution in [3.63, 3.8) is 0 Å². The molecule has 6 heteroatoms. The van der Waals surface area contributed by atoms with Gasteiger partial charge in [0, 0.05) is 20.2 Å². The average molecular weight is 225 g/mol. The van der Waals surface area contributed by atoms with Crippen LogP contribution in [0.2, 0.25) is 0 Å². The molecule has 0 atom stereocenters. The number of methoxy groups -OCH3 is 2. The van der Waals surface area contributed by atoms with E-state index in [2.05, 4.69) is 4.74 Å². The zero-order chi connectivity index (χ0) is 11.7. The average Bonchev–Trinajstić information content (AvgIpc) is 2.20. The van der Waals surface area contributed by atoms with Crippen LogP contribution in [0, 0.1) is 0 Å². The standard InChI is InChI=1S/C9H17F2NO3/c1-14-6-5-12(7-8(10)11)4-3-9(13)15-2/h8H,3-7H2,1-2H3. The third kappa shape index (κ3) is 8.26. The van der Waals surface area contributed by atoms with Gasteiger partial charge in [-0.1, -0.05) is 0 Å². The molecule has 15 heavy (non-hydrogen) atoms. The number of rotatable bonds is 8. The highest BCUT2D eigenvalue weighted by Gasteiger charge is 2.13. The van der Waals surface area contributed by atoms with Gasteiger partial charge in [-0.25, -0.2) is 8.78 Å². The minimum absolute atomic E-state index is 0.118. The van der Waals surface area contributed by atoms with Gasteiger partial charge in [0.05, 0.1) is 26.7 Å². The van der Waals surface area contributed by atoms with Crippen molar-refractivity contribution in [2.75, 3.05) is 40.5 Å². The number of halogens is 2. The Labute approximate surface area is 88.1 Å². The molecule has 0 unspecified atom stereocenters. The minimum Gasteiger partial charge on any atom is -0.469 e. The number of carbonyl (C=O) groups excluding carboxylic acids is 1. The molecule has 0 radical (unpaired) electrons. The number of ether oxygens (including phenoxy) is 2. The van der Waals surface area contributed by atoms with Crippen LogP contribution in [0.1, 0.15) is 6.42 Å². The van der Waals surface area contributed by atoms with Gasteiger partial charge in [0.25, 0.3) is 6.43 Å². The molecule has 0 fully saturated rings. The predicted octanol–water partition coefficient (Wildman–Crippen LogP) is 0.763. The van der Waals surface area contributed by atoms with Gasteiger partial charge in [-0.15, -0.1) is 0 Å². The Morgan fingerprint density at radius 2 is 2.00 bits per heavy atom. The smallest absolute Gasteiger partial charge is 0.306 e. The second-order valence-electron chi connectivity index (χ2n) is 3.01. The van der Waals surface area contributed by atoms with Crippen LogP contribution in [0.5, 0.6) is 0 Å². The summed E-state index contributed by atoms with van der Waals surface area (Å²) in [5.41, 5.74) is 0. The van der Waals surface area contributed by atoms with E-state index in [0.29, 0.717) is 13.2 Å². The summed E-state index contributed by atoms with van der Waals surface area (Å²) in [5, 5.41) is 0. The molecule has 0 saturated heterocycles. The van der Waals surface area contributed by atoms with Crippen LogP contribution in [0.3, 0.4) is 0 Å². The van der Waals surface area contributed by atoms with Gasteiger partial charge in [0.2, 0.25) is 0 Å². The van der Waals surface area contributed by atoms with E-state index in [1.807, 2.05) is 0 Å². The van der Waals surface area contributed by atoms with Gasteiger partial charge in [-0.3, -0.25) is 9.69 Å². The van der Waals surface area contributed by atoms with Crippen LogP contribution in [-0.2, 0) is 14.3 Å². The lowest BCUT2D eigenvalue weighted by atomic mass is 10.3. The van der Waals surface area contributed by atoms with Crippen LogP contribution in [0.25, 0.3) is 0 Å². The monoisotopic (exact) mass is 225 g/mol. The predicted molar refractivity (Wildman–Crippen MR) is 51.0 cm³/mol. The van der Waals surface area contributed by atoms with E-state index in [4.69, 9.17) is 4.74 Å². The second-order valence-corrected chi connectivity index (χ2v) is 3.01. The van der Waals surface area contributed by atoms with Crippen molar-refractivity contribution in [2.45, 2.75) is 12.8 Å². The normalized spacial score (nSPS) is 11.1. The number of carbonyl (C=O) groups is 1. The molecule has 0 bridgehead atoms. The highest BCUT2D eigenvalue weighted by molar-refractivity contribution is 5.69. The van der Waals surface area contributed by atoms with Gasteiger partial charge >= 0.3 is 5.97 Å². The Hall–Kier alpha value is -0.750. The fraction of sp³-hybridized carbons (Fsp3) is 0.889. The van der Waals surface area contributed by atoms with Crippen molar-refractivity contribution in [1.29, 1.82) is 0 Å². The van der Waals surface area contributed by atoms with Crippen LogP contribution in [0.4, 0.5) is 8.78 Å². The third-order valence-corrected chi connectivity index (χ3v) is 1.87. The molecule has 0 aromatic rings. The Morgan fingerprint density at radius 1 is 1.33 bits per heavy atom. The molecule has 0 saturated carbocycles. The Balaban J connectivity index is 3.83. The minimum atomic E-state index is -2.40. The topological polar surface area (TPSA) is 38.8 Å². The van der Waals surface area contributed by atoms with Crippen molar-refractivity contribution in [3.8, 4) is 0 Å². The SMILES string of the molecule is COCCN(CCC(=O)OC)CC(F)F. The number of nitrogens with zero attached hydrogens (tertiary/aromatic N) is 1. The van der Waals surface area contributed by atoms with Crippen molar-refractivity contribution in [2.24, 2.45) is 0 Å². The lowest BCUT2D eigenvalue weighted by molar-refractivity contribution is -0.141. The molecule has 0 aliphatic rings. The van der Waals surface area contributed by atoms with E-state index in [1.54, 1.807) is 0 Å². The van der Waals surface area contributed by atoms with E-state index in [-0.39, 0.29) is 19.5 Å². The first-order valence-electron chi connectivity index (χ1n) is 4.66. The van der Waals surface area contributed by atoms with E-state index in [9.17, 15) is 13.6 Å². The number of esters is 1. The molecule has 0 aliphatic carbocycles. The molecule has 0 aliphatic heterocycles. The fourth-order valence-electron chi connectivity index (χ4n) is 1.06. The lowest BCUT2D eigenvalue weighted by Gasteiger charge is -2.20. The molecule has 0 spiro atoms. The maximum Gasteiger partial charge on any atom is 0.306 e. The van der Waals surface area contributed by atoms with Gasteiger partial charge in [0.15, 0.2) is 0 Å². The first-order chi connectivity index (χ1) is 7.10. The second kappa shape index (κ2) is 8.55. The van der Waals surface area contributed by atoms with Gasteiger partial charge in [-0.2, -0.15) is 0 Å². The highest BCUT2D eigenvalue weighted by atomic mass is 19.3. The Bertz CT molecular complexity index is 179. The zero-order valence-corrected chi connectivity index (χ0v) is 9.04. The third-order valence-electron chi connectivity index (χ3n) is 1.87. The quantitative estimate of drug-likeness (QED) is 0.572. The summed E-state index contributed by atoms with van der Waals surface area (Å²) < 4.78 is 33.4. The largest absolute Gasteiger partial charge is 0.469 e. The first kappa shape index (κ1) is 14.2. The van der Waals surface area contributed by atoms with Gasteiger partial charge in [-0.05, 0) is 0 Å². The number of alkyl halides is 2. The van der Waals surface area contributed by atoms with Gasteiger partial charge < -0.3 is 9.47 Å². The van der Waals surface area contributed by atoms with E-state index in [0.717, 1.165) is 0 Å². The summed E-state index contributed by atoms with van der Waals surface area (Å²) >= 11 is 0. The molecule has 0 N–H and O–H groups in total. The fourth-order valence-corrected chi connectivity index (χ4v) is 1.06. The zero-order valence-electron chi connectivity index (χ0n) is 9.04. The maximum absolute atomic E-state index is 12.1. The highest BCUT2D eigenvalue weighted by Crippen LogP contribution is 2.00. The van der Waals surface area contributed by atoms with Crippen molar-refractivity contribution >= 4 is 5.97 Å². The molecule has 4 nitrogen and oxygen atoms in total. The van der Waals surface area contributed by atoms with Crippen molar-refractivity contribution < 1.29 is 23.0 Å². The lowest BCUT2D eigenvalue weighted by Crippen LogP contribution is -2.34. The van der Waals surface area contributed by atoms with Crippen LogP contribution >= 0.6 is 0 Å². The van der Waals surface area contributed by atoms with Gasteiger partial charge in [0.1, 0.15) is 0 Å². The summed E-state index contributed by atoms with van der Waals surface area (Å²) in [5.74, 6) is -0.397. The molecule has 0 amide bonds. The van der Waals surface area contributed by atoms with Crippen molar-refractivity contribution in [1.82, 2.24) is 4.90 Å².